The van der Waals surface area contributed by atoms with Crippen molar-refractivity contribution >= 4 is 17.8 Å². The molecular weight excluding hydrogens is 344 g/mol. The fourth-order valence-corrected chi connectivity index (χ4v) is 2.55. The van der Waals surface area contributed by atoms with Crippen molar-refractivity contribution < 1.29 is 19.5 Å². The first kappa shape index (κ1) is 20.2. The summed E-state index contributed by atoms with van der Waals surface area (Å²) in [6.07, 6.45) is 1.49. The summed E-state index contributed by atoms with van der Waals surface area (Å²) in [6, 6.07) is 14.6. The Labute approximate surface area is 158 Å². The third-order valence-corrected chi connectivity index (χ3v) is 4.12. The maximum Gasteiger partial charge on any atom is 0.335 e. The number of carbonyl (C=O) groups excluding carboxylic acids is 2. The second kappa shape index (κ2) is 10.1. The highest BCUT2D eigenvalue weighted by molar-refractivity contribution is 5.87. The molecule has 2 amide bonds. The largest absolute Gasteiger partial charge is 0.478 e. The smallest absolute Gasteiger partial charge is 0.335 e. The molecule has 0 aliphatic carbocycles. The lowest BCUT2D eigenvalue weighted by Gasteiger charge is -2.08. The van der Waals surface area contributed by atoms with Crippen LogP contribution in [0.15, 0.2) is 48.5 Å². The number of hydrogen-bond acceptors (Lipinski definition) is 3. The van der Waals surface area contributed by atoms with Crippen LogP contribution in [0.2, 0.25) is 0 Å². The van der Waals surface area contributed by atoms with Gasteiger partial charge in [-0.1, -0.05) is 42.0 Å². The van der Waals surface area contributed by atoms with Crippen LogP contribution >= 0.6 is 0 Å². The third kappa shape index (κ3) is 7.32. The second-order valence-corrected chi connectivity index (χ2v) is 6.37. The average molecular weight is 368 g/mol. The molecular formula is C21H24N2O4. The topological polar surface area (TPSA) is 95.5 Å². The molecule has 0 bridgehead atoms. The summed E-state index contributed by atoms with van der Waals surface area (Å²) in [5, 5.41) is 14.3. The minimum atomic E-state index is -0.978. The Morgan fingerprint density at radius 1 is 0.889 bits per heavy atom. The maximum absolute atomic E-state index is 11.8. The number of carbonyl (C=O) groups is 3. The summed E-state index contributed by atoms with van der Waals surface area (Å²) in [7, 11) is 0. The van der Waals surface area contributed by atoms with Gasteiger partial charge < -0.3 is 15.7 Å². The lowest BCUT2D eigenvalue weighted by molar-refractivity contribution is -0.126. The molecule has 0 fully saturated rings. The molecule has 0 aliphatic rings. The Morgan fingerprint density at radius 2 is 1.63 bits per heavy atom. The number of aryl methyl sites for hydroxylation is 2. The van der Waals surface area contributed by atoms with Crippen molar-refractivity contribution in [3.05, 3.63) is 70.8 Å². The summed E-state index contributed by atoms with van der Waals surface area (Å²) in [4.78, 5) is 34.6. The van der Waals surface area contributed by atoms with E-state index >= 15 is 0 Å². The van der Waals surface area contributed by atoms with E-state index in [-0.39, 0.29) is 23.9 Å². The number of carboxylic acids is 1. The molecule has 0 saturated carbocycles. The van der Waals surface area contributed by atoms with Crippen LogP contribution in [0.3, 0.4) is 0 Å². The van der Waals surface area contributed by atoms with E-state index in [0.717, 1.165) is 11.1 Å². The van der Waals surface area contributed by atoms with Gasteiger partial charge in [-0.05, 0) is 43.0 Å². The molecule has 0 heterocycles. The van der Waals surface area contributed by atoms with Gasteiger partial charge in [-0.25, -0.2) is 4.79 Å². The van der Waals surface area contributed by atoms with Gasteiger partial charge in [0, 0.05) is 13.0 Å². The van der Waals surface area contributed by atoms with E-state index in [2.05, 4.69) is 10.6 Å². The minimum Gasteiger partial charge on any atom is -0.478 e. The van der Waals surface area contributed by atoms with Gasteiger partial charge in [0.25, 0.3) is 0 Å². The van der Waals surface area contributed by atoms with Crippen LogP contribution in [0.1, 0.15) is 33.5 Å². The van der Waals surface area contributed by atoms with E-state index < -0.39 is 5.97 Å². The van der Waals surface area contributed by atoms with Crippen molar-refractivity contribution in [2.75, 3.05) is 13.1 Å². The van der Waals surface area contributed by atoms with Gasteiger partial charge in [-0.3, -0.25) is 9.59 Å². The van der Waals surface area contributed by atoms with Crippen LogP contribution in [-0.2, 0) is 22.4 Å². The quantitative estimate of drug-likeness (QED) is 0.632. The number of hydrogen-bond donors (Lipinski definition) is 3. The van der Waals surface area contributed by atoms with E-state index in [0.29, 0.717) is 25.8 Å². The Balaban J connectivity index is 1.64. The van der Waals surface area contributed by atoms with E-state index in [9.17, 15) is 14.4 Å². The highest BCUT2D eigenvalue weighted by Crippen LogP contribution is 2.06. The average Bonchev–Trinajstić information content (AvgIpc) is 2.66. The molecule has 27 heavy (non-hydrogen) atoms. The highest BCUT2D eigenvalue weighted by Gasteiger charge is 2.07. The van der Waals surface area contributed by atoms with Gasteiger partial charge in [-0.15, -0.1) is 0 Å². The molecule has 142 valence electrons. The number of aromatic carboxylic acids is 1. The molecule has 6 heteroatoms. The number of carboxylic acid groups (broad SMARTS) is 1. The SMILES string of the molecule is Cc1ccc(CCC(=O)NCC(=O)NCCc2cccc(C(=O)O)c2)cc1. The van der Waals surface area contributed by atoms with E-state index in [1.165, 1.54) is 11.6 Å². The normalized spacial score (nSPS) is 10.3. The molecule has 0 aromatic heterocycles. The van der Waals surface area contributed by atoms with Crippen molar-refractivity contribution in [1.82, 2.24) is 10.6 Å². The molecule has 2 aromatic carbocycles. The van der Waals surface area contributed by atoms with Crippen LogP contribution in [0.4, 0.5) is 0 Å². The zero-order chi connectivity index (χ0) is 19.6. The van der Waals surface area contributed by atoms with Gasteiger partial charge in [-0.2, -0.15) is 0 Å². The van der Waals surface area contributed by atoms with E-state index in [1.54, 1.807) is 12.1 Å². The van der Waals surface area contributed by atoms with Gasteiger partial charge >= 0.3 is 5.97 Å². The Kier molecular flexibility index (Phi) is 7.55. The van der Waals surface area contributed by atoms with Crippen molar-refractivity contribution in [3.8, 4) is 0 Å². The van der Waals surface area contributed by atoms with Crippen molar-refractivity contribution in [3.63, 3.8) is 0 Å². The van der Waals surface area contributed by atoms with Crippen molar-refractivity contribution in [2.24, 2.45) is 0 Å². The second-order valence-electron chi connectivity index (χ2n) is 6.37. The van der Waals surface area contributed by atoms with Crippen molar-refractivity contribution in [2.45, 2.75) is 26.2 Å². The molecule has 0 unspecified atom stereocenters. The van der Waals surface area contributed by atoms with Gasteiger partial charge in [0.2, 0.25) is 11.8 Å². The molecule has 2 aromatic rings. The number of amides is 2. The molecule has 6 nitrogen and oxygen atoms in total. The first-order valence-electron chi connectivity index (χ1n) is 8.85. The Hall–Kier alpha value is -3.15. The molecule has 0 radical (unpaired) electrons. The minimum absolute atomic E-state index is 0.0676. The summed E-state index contributed by atoms with van der Waals surface area (Å²) < 4.78 is 0. The summed E-state index contributed by atoms with van der Waals surface area (Å²) in [5.41, 5.74) is 3.32. The lowest BCUT2D eigenvalue weighted by Crippen LogP contribution is -2.37. The van der Waals surface area contributed by atoms with Crippen LogP contribution in [-0.4, -0.2) is 36.0 Å². The zero-order valence-electron chi connectivity index (χ0n) is 15.3. The van der Waals surface area contributed by atoms with E-state index in [4.69, 9.17) is 5.11 Å². The summed E-state index contributed by atoms with van der Waals surface area (Å²) in [6.45, 7) is 2.32. The molecule has 0 saturated heterocycles. The number of rotatable bonds is 9. The van der Waals surface area contributed by atoms with Crippen LogP contribution in [0.5, 0.6) is 0 Å². The van der Waals surface area contributed by atoms with Gasteiger partial charge in [0.15, 0.2) is 0 Å². The number of benzene rings is 2. The molecule has 2 rings (SSSR count). The van der Waals surface area contributed by atoms with Crippen LogP contribution in [0, 0.1) is 6.92 Å². The molecule has 0 atom stereocenters. The monoisotopic (exact) mass is 368 g/mol. The van der Waals surface area contributed by atoms with Gasteiger partial charge in [0.1, 0.15) is 0 Å². The standard InChI is InChI=1S/C21H24N2O4/c1-15-5-7-16(8-6-15)9-10-19(24)23-14-20(25)22-12-11-17-3-2-4-18(13-17)21(26)27/h2-8,13H,9-12,14H2,1H3,(H,22,25)(H,23,24)(H,26,27). The lowest BCUT2D eigenvalue weighted by atomic mass is 10.1. The fraction of sp³-hybridized carbons (Fsp3) is 0.286. The van der Waals surface area contributed by atoms with Crippen LogP contribution in [0.25, 0.3) is 0 Å². The van der Waals surface area contributed by atoms with Crippen molar-refractivity contribution in [1.29, 1.82) is 0 Å². The van der Waals surface area contributed by atoms with E-state index in [1.807, 2.05) is 37.3 Å². The fourth-order valence-electron chi connectivity index (χ4n) is 2.55. The predicted molar refractivity (Wildman–Crippen MR) is 103 cm³/mol. The van der Waals surface area contributed by atoms with Crippen LogP contribution < -0.4 is 10.6 Å². The molecule has 0 spiro atoms. The predicted octanol–water partition coefficient (Wildman–Crippen LogP) is 2.10. The molecule has 3 N–H and O–H groups in total. The van der Waals surface area contributed by atoms with Gasteiger partial charge in [0.05, 0.1) is 12.1 Å². The highest BCUT2D eigenvalue weighted by atomic mass is 16.4. The molecule has 0 aliphatic heterocycles. The Morgan fingerprint density at radius 3 is 2.33 bits per heavy atom. The first-order valence-corrected chi connectivity index (χ1v) is 8.85. The maximum atomic E-state index is 11.8. The third-order valence-electron chi connectivity index (χ3n) is 4.12. The Bertz CT molecular complexity index is 800. The zero-order valence-corrected chi connectivity index (χ0v) is 15.3. The summed E-state index contributed by atoms with van der Waals surface area (Å²) >= 11 is 0. The first-order chi connectivity index (χ1) is 12.9. The number of nitrogens with one attached hydrogen (secondary N) is 2. The summed E-state index contributed by atoms with van der Waals surface area (Å²) in [5.74, 6) is -1.41.